The Morgan fingerprint density at radius 2 is 1.00 bits per heavy atom. The van der Waals surface area contributed by atoms with Crippen molar-refractivity contribution in [2.24, 2.45) is 22.7 Å². The molecule has 10 nitrogen and oxygen atoms in total. The third-order valence-electron chi connectivity index (χ3n) is 7.28. The van der Waals surface area contributed by atoms with Crippen LogP contribution in [0.4, 0.5) is 0 Å². The molecule has 32 heavy (non-hydrogen) atoms. The first kappa shape index (κ1) is 23.6. The highest BCUT2D eigenvalue weighted by atomic mass is 16.5. The van der Waals surface area contributed by atoms with Crippen LogP contribution in [0.1, 0.15) is 38.5 Å². The van der Waals surface area contributed by atoms with Crippen molar-refractivity contribution < 1.29 is 48.3 Å². The Labute approximate surface area is 185 Å². The highest BCUT2D eigenvalue weighted by Crippen LogP contribution is 2.75. The number of carbonyl (C=O) groups excluding carboxylic acids is 4. The normalized spacial score (nSPS) is 31.8. The van der Waals surface area contributed by atoms with Crippen molar-refractivity contribution in [1.82, 2.24) is 0 Å². The minimum atomic E-state index is -1.66. The molecule has 0 saturated heterocycles. The SMILES string of the molecule is COC(=O)C1=C(O)[C@H](C(=O)OC)[C@]23CCCCCC[C@@]12[C@H](C(=O)OC)C(O)=C3C(=O)OC. The van der Waals surface area contributed by atoms with Gasteiger partial charge in [-0.15, -0.1) is 0 Å². The molecule has 0 heterocycles. The second-order valence-electron chi connectivity index (χ2n) is 8.27. The van der Waals surface area contributed by atoms with E-state index in [4.69, 9.17) is 18.9 Å². The zero-order chi connectivity index (χ0) is 23.8. The number of carbonyl (C=O) groups is 4. The molecule has 3 aliphatic rings. The molecule has 2 N–H and O–H groups in total. The Balaban J connectivity index is 2.52. The largest absolute Gasteiger partial charge is 0.511 e. The molecule has 0 spiro atoms. The van der Waals surface area contributed by atoms with E-state index in [0.29, 0.717) is 12.8 Å². The molecule has 0 bridgehead atoms. The molecule has 0 aromatic rings. The third-order valence-corrected chi connectivity index (χ3v) is 7.28. The number of methoxy groups -OCH3 is 4. The van der Waals surface area contributed by atoms with Gasteiger partial charge in [0.2, 0.25) is 0 Å². The van der Waals surface area contributed by atoms with E-state index in [9.17, 15) is 29.4 Å². The first-order chi connectivity index (χ1) is 15.2. The summed E-state index contributed by atoms with van der Waals surface area (Å²) < 4.78 is 19.8. The van der Waals surface area contributed by atoms with Crippen molar-refractivity contribution in [2.75, 3.05) is 28.4 Å². The van der Waals surface area contributed by atoms with E-state index in [2.05, 4.69) is 0 Å². The fraction of sp³-hybridized carbons (Fsp3) is 0.636. The van der Waals surface area contributed by atoms with Crippen LogP contribution in [0.15, 0.2) is 22.7 Å². The third kappa shape index (κ3) is 2.77. The van der Waals surface area contributed by atoms with Crippen LogP contribution in [-0.4, -0.2) is 62.5 Å². The summed E-state index contributed by atoms with van der Waals surface area (Å²) in [5.41, 5.74) is -3.97. The van der Waals surface area contributed by atoms with Crippen molar-refractivity contribution in [2.45, 2.75) is 38.5 Å². The number of esters is 4. The van der Waals surface area contributed by atoms with Gasteiger partial charge in [0, 0.05) is 10.8 Å². The molecule has 3 aliphatic carbocycles. The van der Waals surface area contributed by atoms with Gasteiger partial charge in [-0.1, -0.05) is 25.7 Å². The zero-order valence-electron chi connectivity index (χ0n) is 18.6. The fourth-order valence-corrected chi connectivity index (χ4v) is 6.25. The summed E-state index contributed by atoms with van der Waals surface area (Å²) >= 11 is 0. The van der Waals surface area contributed by atoms with Gasteiger partial charge in [0.15, 0.2) is 0 Å². The van der Waals surface area contributed by atoms with Crippen LogP contribution in [-0.2, 0) is 38.1 Å². The van der Waals surface area contributed by atoms with E-state index in [1.807, 2.05) is 0 Å². The maximum atomic E-state index is 13.0. The first-order valence-corrected chi connectivity index (χ1v) is 10.4. The number of aliphatic hydroxyl groups is 2. The van der Waals surface area contributed by atoms with Crippen LogP contribution in [0.3, 0.4) is 0 Å². The van der Waals surface area contributed by atoms with E-state index < -0.39 is 58.1 Å². The Hall–Kier alpha value is -3.04. The molecule has 3 rings (SSSR count). The summed E-state index contributed by atoms with van der Waals surface area (Å²) in [6.45, 7) is 0. The summed E-state index contributed by atoms with van der Waals surface area (Å²) in [6, 6.07) is 0. The summed E-state index contributed by atoms with van der Waals surface area (Å²) in [4.78, 5) is 52.1. The number of hydrogen-bond donors (Lipinski definition) is 2. The van der Waals surface area contributed by atoms with Gasteiger partial charge >= 0.3 is 23.9 Å². The molecule has 1 fully saturated rings. The van der Waals surface area contributed by atoms with Crippen molar-refractivity contribution >= 4 is 23.9 Å². The number of aliphatic hydroxyl groups excluding tert-OH is 2. The topological polar surface area (TPSA) is 146 Å². The molecule has 0 radical (unpaired) electrons. The van der Waals surface area contributed by atoms with Crippen molar-refractivity contribution in [3.05, 3.63) is 22.7 Å². The number of rotatable bonds is 4. The van der Waals surface area contributed by atoms with E-state index in [1.54, 1.807) is 0 Å². The maximum absolute atomic E-state index is 13.0. The predicted molar refractivity (Wildman–Crippen MR) is 107 cm³/mol. The zero-order valence-corrected chi connectivity index (χ0v) is 18.6. The van der Waals surface area contributed by atoms with Gasteiger partial charge in [0.1, 0.15) is 23.4 Å². The summed E-state index contributed by atoms with van der Waals surface area (Å²) in [6.07, 6.45) is 2.71. The highest BCUT2D eigenvalue weighted by Gasteiger charge is 2.79. The Bertz CT molecular complexity index is 842. The van der Waals surface area contributed by atoms with Crippen LogP contribution < -0.4 is 0 Å². The lowest BCUT2D eigenvalue weighted by molar-refractivity contribution is -0.160. The van der Waals surface area contributed by atoms with Crippen LogP contribution in [0.25, 0.3) is 0 Å². The molecule has 0 unspecified atom stereocenters. The fourth-order valence-electron chi connectivity index (χ4n) is 6.25. The molecular weight excluding hydrogens is 424 g/mol. The lowest BCUT2D eigenvalue weighted by Gasteiger charge is -2.48. The monoisotopic (exact) mass is 452 g/mol. The Morgan fingerprint density at radius 3 is 1.28 bits per heavy atom. The average molecular weight is 452 g/mol. The minimum Gasteiger partial charge on any atom is -0.511 e. The second-order valence-corrected chi connectivity index (χ2v) is 8.27. The van der Waals surface area contributed by atoms with Gasteiger partial charge in [0.05, 0.1) is 39.6 Å². The van der Waals surface area contributed by atoms with E-state index in [1.165, 1.54) is 0 Å². The molecule has 0 aliphatic heterocycles. The summed E-state index contributed by atoms with van der Waals surface area (Å²) in [7, 11) is 4.43. The highest BCUT2D eigenvalue weighted by molar-refractivity contribution is 6.03. The maximum Gasteiger partial charge on any atom is 0.337 e. The van der Waals surface area contributed by atoms with Crippen LogP contribution >= 0.6 is 0 Å². The summed E-state index contributed by atoms with van der Waals surface area (Å²) in [5, 5.41) is 22.5. The van der Waals surface area contributed by atoms with E-state index >= 15 is 0 Å². The number of ether oxygens (including phenoxy) is 4. The minimum absolute atomic E-state index is 0.110. The smallest absolute Gasteiger partial charge is 0.337 e. The van der Waals surface area contributed by atoms with Gasteiger partial charge < -0.3 is 29.2 Å². The van der Waals surface area contributed by atoms with E-state index in [0.717, 1.165) is 41.3 Å². The molecule has 10 heteroatoms. The molecule has 0 amide bonds. The molecule has 1 saturated carbocycles. The lowest BCUT2D eigenvalue weighted by atomic mass is 9.51. The van der Waals surface area contributed by atoms with Gasteiger partial charge in [-0.25, -0.2) is 9.59 Å². The number of hydrogen-bond acceptors (Lipinski definition) is 10. The molecular formula is C22H28O10. The predicted octanol–water partition coefficient (Wildman–Crippen LogP) is 1.89. The van der Waals surface area contributed by atoms with Gasteiger partial charge in [0.25, 0.3) is 0 Å². The van der Waals surface area contributed by atoms with Crippen LogP contribution in [0, 0.1) is 22.7 Å². The van der Waals surface area contributed by atoms with Crippen molar-refractivity contribution in [1.29, 1.82) is 0 Å². The van der Waals surface area contributed by atoms with Crippen LogP contribution in [0.2, 0.25) is 0 Å². The van der Waals surface area contributed by atoms with Gasteiger partial charge in [-0.3, -0.25) is 9.59 Å². The molecule has 0 aromatic heterocycles. The standard InChI is InChI=1S/C22H28O10/c1-29-17(25)11-15(23)12(18(26)30-2)22-10-8-6-5-7-9-21(11,22)13(19(27)31-3)16(24)14(22)20(28)32-4/h11,14,23-24H,5-10H2,1-4H3/t11-,14+,21+,22+. The van der Waals surface area contributed by atoms with Gasteiger partial charge in [-0.05, 0) is 12.8 Å². The van der Waals surface area contributed by atoms with E-state index in [-0.39, 0.29) is 24.0 Å². The Morgan fingerprint density at radius 1 is 0.656 bits per heavy atom. The average Bonchev–Trinajstić information content (AvgIpc) is 3.09. The summed E-state index contributed by atoms with van der Waals surface area (Å²) in [5.74, 6) is -8.06. The lowest BCUT2D eigenvalue weighted by Crippen LogP contribution is -2.51. The molecule has 4 atom stereocenters. The molecule has 0 aromatic carbocycles. The van der Waals surface area contributed by atoms with Crippen molar-refractivity contribution in [3.63, 3.8) is 0 Å². The molecule has 176 valence electrons. The van der Waals surface area contributed by atoms with Crippen LogP contribution in [0.5, 0.6) is 0 Å². The Kier molecular flexibility index (Phi) is 6.26. The first-order valence-electron chi connectivity index (χ1n) is 10.4. The van der Waals surface area contributed by atoms with Gasteiger partial charge in [-0.2, -0.15) is 0 Å². The van der Waals surface area contributed by atoms with Crippen molar-refractivity contribution in [3.8, 4) is 0 Å². The quantitative estimate of drug-likeness (QED) is 0.479. The second kappa shape index (κ2) is 8.48.